The lowest BCUT2D eigenvalue weighted by atomic mass is 10.1. The van der Waals surface area contributed by atoms with Crippen LogP contribution in [-0.2, 0) is 21.4 Å². The van der Waals surface area contributed by atoms with Gasteiger partial charge in [-0.15, -0.1) is 0 Å². The molecule has 8 heteroatoms. The van der Waals surface area contributed by atoms with Crippen molar-refractivity contribution in [2.24, 2.45) is 0 Å². The van der Waals surface area contributed by atoms with E-state index in [1.165, 1.54) is 30.3 Å². The third-order valence-corrected chi connectivity index (χ3v) is 7.48. The molecule has 0 atom stereocenters. The molecular formula is C25H26ClFN2O3S. The molecule has 0 aliphatic heterocycles. The number of amides is 1. The van der Waals surface area contributed by atoms with Crippen molar-refractivity contribution in [1.82, 2.24) is 4.31 Å². The third-order valence-electron chi connectivity index (χ3n) is 5.32. The van der Waals surface area contributed by atoms with E-state index in [4.69, 9.17) is 11.6 Å². The largest absolute Gasteiger partial charge is 0.324 e. The Hall–Kier alpha value is -2.74. The molecular weight excluding hydrogens is 463 g/mol. The van der Waals surface area contributed by atoms with Crippen LogP contribution in [0, 0.1) is 33.5 Å². The highest BCUT2D eigenvalue weighted by Gasteiger charge is 2.29. The molecule has 0 bridgehead atoms. The summed E-state index contributed by atoms with van der Waals surface area (Å²) in [5.74, 6) is -1.18. The number of nitrogens with zero attached hydrogens (tertiary/aromatic N) is 1. The molecule has 3 rings (SSSR count). The quantitative estimate of drug-likeness (QED) is 0.474. The Labute approximate surface area is 199 Å². The van der Waals surface area contributed by atoms with Crippen molar-refractivity contribution in [3.05, 3.63) is 93.3 Å². The zero-order chi connectivity index (χ0) is 24.3. The fraction of sp³-hybridized carbons (Fsp3) is 0.240. The number of rotatable bonds is 7. The van der Waals surface area contributed by atoms with E-state index in [0.717, 1.165) is 26.6 Å². The molecule has 1 N–H and O–H groups in total. The monoisotopic (exact) mass is 488 g/mol. The minimum Gasteiger partial charge on any atom is -0.324 e. The van der Waals surface area contributed by atoms with Crippen molar-refractivity contribution in [2.45, 2.75) is 39.1 Å². The molecule has 0 saturated heterocycles. The Morgan fingerprint density at radius 1 is 0.970 bits per heavy atom. The first-order chi connectivity index (χ1) is 15.5. The molecule has 33 heavy (non-hydrogen) atoms. The summed E-state index contributed by atoms with van der Waals surface area (Å²) in [5, 5.41) is 2.90. The van der Waals surface area contributed by atoms with E-state index in [2.05, 4.69) is 5.32 Å². The molecule has 0 fully saturated rings. The number of anilines is 1. The van der Waals surface area contributed by atoms with Gasteiger partial charge in [0.2, 0.25) is 15.9 Å². The molecule has 0 aliphatic rings. The number of carbonyl (C=O) groups excluding carboxylic acids is 1. The van der Waals surface area contributed by atoms with Crippen LogP contribution in [0.15, 0.2) is 59.5 Å². The summed E-state index contributed by atoms with van der Waals surface area (Å²) in [5.41, 5.74) is 4.31. The Morgan fingerprint density at radius 2 is 1.58 bits per heavy atom. The molecule has 0 radical (unpaired) electrons. The lowest BCUT2D eigenvalue weighted by Crippen LogP contribution is -2.38. The van der Waals surface area contributed by atoms with Gasteiger partial charge in [0.1, 0.15) is 5.82 Å². The fourth-order valence-corrected chi connectivity index (χ4v) is 5.25. The van der Waals surface area contributed by atoms with Crippen molar-refractivity contribution in [3.8, 4) is 0 Å². The minimum atomic E-state index is -4.12. The molecule has 5 nitrogen and oxygen atoms in total. The third kappa shape index (κ3) is 5.79. The van der Waals surface area contributed by atoms with Crippen LogP contribution in [0.2, 0.25) is 5.02 Å². The topological polar surface area (TPSA) is 66.5 Å². The number of hydrogen-bond acceptors (Lipinski definition) is 3. The highest BCUT2D eigenvalue weighted by atomic mass is 35.5. The Bertz CT molecular complexity index is 1250. The van der Waals surface area contributed by atoms with E-state index >= 15 is 0 Å². The maximum atomic E-state index is 14.5. The van der Waals surface area contributed by atoms with Gasteiger partial charge in [-0.05, 0) is 63.1 Å². The maximum Gasteiger partial charge on any atom is 0.243 e. The highest BCUT2D eigenvalue weighted by Crippen LogP contribution is 2.26. The molecule has 0 spiro atoms. The van der Waals surface area contributed by atoms with Crippen molar-refractivity contribution < 1.29 is 17.6 Å². The zero-order valence-electron chi connectivity index (χ0n) is 18.9. The molecule has 3 aromatic carbocycles. The van der Waals surface area contributed by atoms with Crippen LogP contribution in [0.4, 0.5) is 10.1 Å². The Morgan fingerprint density at radius 3 is 2.15 bits per heavy atom. The number of hydrogen-bond donors (Lipinski definition) is 1. The molecule has 174 valence electrons. The standard InChI is InChI=1S/C25H26ClFN2O3S/c1-16-8-10-20(11-9-16)33(31,32)29(14-21-22(26)6-5-7-23(21)27)15-24(30)28-25-18(3)12-17(2)13-19(25)4/h5-13H,14-15H2,1-4H3,(H,28,30). The van der Waals surface area contributed by atoms with Gasteiger partial charge in [0.15, 0.2) is 0 Å². The lowest BCUT2D eigenvalue weighted by molar-refractivity contribution is -0.116. The summed E-state index contributed by atoms with van der Waals surface area (Å²) >= 11 is 6.15. The first-order valence-corrected chi connectivity index (χ1v) is 12.2. The summed E-state index contributed by atoms with van der Waals surface area (Å²) in [7, 11) is -4.12. The Kier molecular flexibility index (Phi) is 7.57. The minimum absolute atomic E-state index is 0.00495. The first-order valence-electron chi connectivity index (χ1n) is 10.4. The van der Waals surface area contributed by atoms with Crippen LogP contribution in [0.1, 0.15) is 27.8 Å². The van der Waals surface area contributed by atoms with Gasteiger partial charge in [-0.25, -0.2) is 12.8 Å². The van der Waals surface area contributed by atoms with Gasteiger partial charge in [-0.1, -0.05) is 53.1 Å². The first kappa shape index (κ1) is 24.9. The lowest BCUT2D eigenvalue weighted by Gasteiger charge is -2.23. The normalized spacial score (nSPS) is 11.6. The van der Waals surface area contributed by atoms with Gasteiger partial charge in [0.05, 0.1) is 11.4 Å². The molecule has 3 aromatic rings. The van der Waals surface area contributed by atoms with E-state index in [1.54, 1.807) is 12.1 Å². The Balaban J connectivity index is 1.96. The predicted molar refractivity (Wildman–Crippen MR) is 129 cm³/mol. The summed E-state index contributed by atoms with van der Waals surface area (Å²) < 4.78 is 42.3. The van der Waals surface area contributed by atoms with E-state index in [-0.39, 0.29) is 22.0 Å². The van der Waals surface area contributed by atoms with Crippen LogP contribution < -0.4 is 5.32 Å². The average molecular weight is 489 g/mol. The highest BCUT2D eigenvalue weighted by molar-refractivity contribution is 7.89. The van der Waals surface area contributed by atoms with Gasteiger partial charge in [-0.3, -0.25) is 4.79 Å². The van der Waals surface area contributed by atoms with E-state index < -0.39 is 28.3 Å². The number of halogens is 2. The number of benzene rings is 3. The SMILES string of the molecule is Cc1ccc(S(=O)(=O)N(CC(=O)Nc2c(C)cc(C)cc2C)Cc2c(F)cccc2Cl)cc1. The van der Waals surface area contributed by atoms with Crippen LogP contribution >= 0.6 is 11.6 Å². The second-order valence-electron chi connectivity index (χ2n) is 8.11. The smallest absolute Gasteiger partial charge is 0.243 e. The van der Waals surface area contributed by atoms with Gasteiger partial charge in [-0.2, -0.15) is 4.31 Å². The van der Waals surface area contributed by atoms with E-state index in [9.17, 15) is 17.6 Å². The van der Waals surface area contributed by atoms with Crippen LogP contribution in [0.3, 0.4) is 0 Å². The fourth-order valence-electron chi connectivity index (χ4n) is 3.66. The molecule has 0 unspecified atom stereocenters. The summed E-state index contributed by atoms with van der Waals surface area (Å²) in [6.07, 6.45) is 0. The van der Waals surface area contributed by atoms with Gasteiger partial charge in [0, 0.05) is 22.8 Å². The van der Waals surface area contributed by atoms with Crippen molar-refractivity contribution >= 4 is 33.2 Å². The number of sulfonamides is 1. The summed E-state index contributed by atoms with van der Waals surface area (Å²) in [6.45, 7) is 6.65. The van der Waals surface area contributed by atoms with Crippen molar-refractivity contribution in [1.29, 1.82) is 0 Å². The van der Waals surface area contributed by atoms with Crippen molar-refractivity contribution in [2.75, 3.05) is 11.9 Å². The van der Waals surface area contributed by atoms with Crippen LogP contribution in [-0.4, -0.2) is 25.2 Å². The molecule has 0 aromatic heterocycles. The van der Waals surface area contributed by atoms with Crippen LogP contribution in [0.5, 0.6) is 0 Å². The second-order valence-corrected chi connectivity index (χ2v) is 10.5. The number of carbonyl (C=O) groups is 1. The second kappa shape index (κ2) is 10.0. The summed E-state index contributed by atoms with van der Waals surface area (Å²) in [4.78, 5) is 13.0. The van der Waals surface area contributed by atoms with Crippen molar-refractivity contribution in [3.63, 3.8) is 0 Å². The van der Waals surface area contributed by atoms with Crippen LogP contribution in [0.25, 0.3) is 0 Å². The molecule has 0 aliphatic carbocycles. The van der Waals surface area contributed by atoms with Gasteiger partial charge >= 0.3 is 0 Å². The summed E-state index contributed by atoms with van der Waals surface area (Å²) in [6, 6.07) is 14.3. The predicted octanol–water partition coefficient (Wildman–Crippen LogP) is 5.54. The maximum absolute atomic E-state index is 14.5. The zero-order valence-corrected chi connectivity index (χ0v) is 20.5. The van der Waals surface area contributed by atoms with E-state index in [1.807, 2.05) is 39.8 Å². The van der Waals surface area contributed by atoms with Gasteiger partial charge < -0.3 is 5.32 Å². The number of aryl methyl sites for hydroxylation is 4. The average Bonchev–Trinajstić information content (AvgIpc) is 2.73. The molecule has 0 heterocycles. The van der Waals surface area contributed by atoms with Gasteiger partial charge in [0.25, 0.3) is 0 Å². The molecule has 1 amide bonds. The number of nitrogens with one attached hydrogen (secondary N) is 1. The molecule has 0 saturated carbocycles. The van der Waals surface area contributed by atoms with E-state index in [0.29, 0.717) is 5.69 Å².